The van der Waals surface area contributed by atoms with Crippen molar-refractivity contribution < 1.29 is 13.6 Å². The first kappa shape index (κ1) is 15.8. The zero-order valence-electron chi connectivity index (χ0n) is 9.21. The molecule has 0 spiro atoms. The molecule has 1 saturated heterocycles. The van der Waals surface area contributed by atoms with E-state index in [1.165, 1.54) is 11.3 Å². The minimum absolute atomic E-state index is 0. The highest BCUT2D eigenvalue weighted by molar-refractivity contribution is 9.11. The summed E-state index contributed by atoms with van der Waals surface area (Å²) in [5.41, 5.74) is 0.958. The predicted octanol–water partition coefficient (Wildman–Crippen LogP) is 2.55. The third kappa shape index (κ3) is 4.15. The van der Waals surface area contributed by atoms with Crippen molar-refractivity contribution in [2.24, 2.45) is 0 Å². The first-order valence-electron chi connectivity index (χ1n) is 5.08. The molecule has 102 valence electrons. The maximum absolute atomic E-state index is 12.9. The zero-order valence-corrected chi connectivity index (χ0v) is 12.4. The molecule has 2 heterocycles. The lowest BCUT2D eigenvalue weighted by Crippen LogP contribution is -2.39. The van der Waals surface area contributed by atoms with Gasteiger partial charge < -0.3 is 5.32 Å². The van der Waals surface area contributed by atoms with Gasteiger partial charge in [-0.25, -0.2) is 8.78 Å². The summed E-state index contributed by atoms with van der Waals surface area (Å²) >= 11 is 4.83. The summed E-state index contributed by atoms with van der Waals surface area (Å²) in [4.78, 5) is 11.6. The molecule has 1 unspecified atom stereocenters. The first-order valence-corrected chi connectivity index (χ1v) is 6.75. The van der Waals surface area contributed by atoms with Crippen LogP contribution in [0.3, 0.4) is 0 Å². The van der Waals surface area contributed by atoms with E-state index in [1.807, 2.05) is 11.4 Å². The van der Waals surface area contributed by atoms with Crippen LogP contribution < -0.4 is 10.6 Å². The van der Waals surface area contributed by atoms with Gasteiger partial charge in [0.1, 0.15) is 0 Å². The molecular formula is C10H12BrClF2N2OS. The van der Waals surface area contributed by atoms with E-state index in [9.17, 15) is 13.6 Å². The minimum atomic E-state index is -2.77. The van der Waals surface area contributed by atoms with Crippen molar-refractivity contribution in [1.82, 2.24) is 10.6 Å². The van der Waals surface area contributed by atoms with E-state index in [0.717, 1.165) is 9.35 Å². The zero-order chi connectivity index (χ0) is 12.5. The van der Waals surface area contributed by atoms with Gasteiger partial charge in [-0.05, 0) is 32.9 Å². The lowest BCUT2D eigenvalue weighted by atomic mass is 10.2. The number of thiophene rings is 1. The average molecular weight is 362 g/mol. The van der Waals surface area contributed by atoms with Crippen LogP contribution in [0.15, 0.2) is 15.2 Å². The fraction of sp³-hybridized carbons (Fsp3) is 0.500. The molecule has 8 heteroatoms. The quantitative estimate of drug-likeness (QED) is 0.869. The molecule has 0 aromatic carbocycles. The summed E-state index contributed by atoms with van der Waals surface area (Å²) in [5, 5.41) is 7.07. The van der Waals surface area contributed by atoms with Gasteiger partial charge in [0.15, 0.2) is 0 Å². The second kappa shape index (κ2) is 6.27. The molecule has 18 heavy (non-hydrogen) atoms. The van der Waals surface area contributed by atoms with Gasteiger partial charge >= 0.3 is 0 Å². The average Bonchev–Trinajstić information content (AvgIpc) is 2.81. The highest BCUT2D eigenvalue weighted by Gasteiger charge is 2.42. The van der Waals surface area contributed by atoms with Gasteiger partial charge in [-0.2, -0.15) is 0 Å². The summed E-state index contributed by atoms with van der Waals surface area (Å²) in [5.74, 6) is -3.14. The van der Waals surface area contributed by atoms with Gasteiger partial charge in [-0.1, -0.05) is 0 Å². The second-order valence-corrected chi connectivity index (χ2v) is 6.26. The molecule has 1 fully saturated rings. The Morgan fingerprint density at radius 2 is 2.39 bits per heavy atom. The van der Waals surface area contributed by atoms with Crippen LogP contribution in [-0.2, 0) is 11.3 Å². The molecule has 2 rings (SSSR count). The summed E-state index contributed by atoms with van der Waals surface area (Å²) in [7, 11) is 0. The Hall–Kier alpha value is -0.240. The monoisotopic (exact) mass is 360 g/mol. The van der Waals surface area contributed by atoms with Crippen molar-refractivity contribution in [3.63, 3.8) is 0 Å². The van der Waals surface area contributed by atoms with Crippen LogP contribution in [0.1, 0.15) is 12.0 Å². The number of carbonyl (C=O) groups is 1. The number of halogens is 4. The molecule has 0 bridgehead atoms. The molecule has 1 atom stereocenters. The van der Waals surface area contributed by atoms with Gasteiger partial charge in [0.2, 0.25) is 5.91 Å². The second-order valence-electron chi connectivity index (χ2n) is 3.97. The van der Waals surface area contributed by atoms with Crippen LogP contribution in [0.4, 0.5) is 8.78 Å². The number of hydrogen-bond donors (Lipinski definition) is 2. The molecule has 3 nitrogen and oxygen atoms in total. The summed E-state index contributed by atoms with van der Waals surface area (Å²) in [6.07, 6.45) is -0.424. The van der Waals surface area contributed by atoms with Gasteiger partial charge in [0.05, 0.1) is 16.4 Å². The standard InChI is InChI=1S/C10H11BrF2N2OS.ClH/c11-8-1-6(4-17-8)3-14-9(16)7-2-10(12,13)5-15-7;/h1,4,7,15H,2-3,5H2,(H,14,16);1H. The molecular weight excluding hydrogens is 350 g/mol. The molecule has 1 aliphatic heterocycles. The molecule has 2 N–H and O–H groups in total. The van der Waals surface area contributed by atoms with E-state index in [4.69, 9.17) is 0 Å². The molecule has 0 aliphatic carbocycles. The Labute approximate surface area is 122 Å². The Balaban J connectivity index is 0.00000162. The van der Waals surface area contributed by atoms with Gasteiger partial charge in [-0.15, -0.1) is 23.7 Å². The molecule has 0 saturated carbocycles. The summed E-state index contributed by atoms with van der Waals surface area (Å²) < 4.78 is 26.7. The van der Waals surface area contributed by atoms with E-state index in [-0.39, 0.29) is 18.3 Å². The number of carbonyl (C=O) groups excluding carboxylic acids is 1. The summed E-state index contributed by atoms with van der Waals surface area (Å²) in [6.45, 7) is -0.0558. The lowest BCUT2D eigenvalue weighted by Gasteiger charge is -2.10. The fourth-order valence-corrected chi connectivity index (χ4v) is 2.86. The SMILES string of the molecule is Cl.O=C(NCc1csc(Br)c1)C1CC(F)(F)CN1. The predicted molar refractivity (Wildman–Crippen MR) is 72.5 cm³/mol. The Bertz CT molecular complexity index is 430. The number of hydrogen-bond acceptors (Lipinski definition) is 3. The third-order valence-corrected chi connectivity index (χ3v) is 4.07. The van der Waals surface area contributed by atoms with Crippen molar-refractivity contribution in [3.8, 4) is 0 Å². The van der Waals surface area contributed by atoms with Crippen LogP contribution in [0.25, 0.3) is 0 Å². The Morgan fingerprint density at radius 3 is 2.89 bits per heavy atom. The van der Waals surface area contributed by atoms with Gasteiger partial charge in [0, 0.05) is 13.0 Å². The third-order valence-electron chi connectivity index (χ3n) is 2.51. The molecule has 1 aromatic rings. The van der Waals surface area contributed by atoms with E-state index in [1.54, 1.807) is 0 Å². The van der Waals surface area contributed by atoms with Gasteiger partial charge in [0.25, 0.3) is 5.92 Å². The minimum Gasteiger partial charge on any atom is -0.351 e. The van der Waals surface area contributed by atoms with Crippen LogP contribution in [-0.4, -0.2) is 24.4 Å². The topological polar surface area (TPSA) is 41.1 Å². The number of alkyl halides is 2. The Morgan fingerprint density at radius 1 is 1.67 bits per heavy atom. The van der Waals surface area contributed by atoms with Crippen LogP contribution in [0.5, 0.6) is 0 Å². The number of rotatable bonds is 3. The summed E-state index contributed by atoms with van der Waals surface area (Å²) in [6, 6.07) is 1.11. The maximum Gasteiger partial charge on any atom is 0.262 e. The maximum atomic E-state index is 12.9. The van der Waals surface area contributed by atoms with E-state index < -0.39 is 24.9 Å². The van der Waals surface area contributed by atoms with Crippen molar-refractivity contribution in [3.05, 3.63) is 20.8 Å². The van der Waals surface area contributed by atoms with Crippen molar-refractivity contribution >= 4 is 45.6 Å². The number of nitrogens with one attached hydrogen (secondary N) is 2. The van der Waals surface area contributed by atoms with E-state index >= 15 is 0 Å². The van der Waals surface area contributed by atoms with Crippen LogP contribution >= 0.6 is 39.7 Å². The van der Waals surface area contributed by atoms with Crippen LogP contribution in [0.2, 0.25) is 0 Å². The molecule has 0 radical (unpaired) electrons. The largest absolute Gasteiger partial charge is 0.351 e. The molecule has 1 aromatic heterocycles. The van der Waals surface area contributed by atoms with E-state index in [0.29, 0.717) is 6.54 Å². The molecule has 1 aliphatic rings. The van der Waals surface area contributed by atoms with Crippen molar-refractivity contribution in [1.29, 1.82) is 0 Å². The van der Waals surface area contributed by atoms with Crippen LogP contribution in [0, 0.1) is 0 Å². The van der Waals surface area contributed by atoms with Crippen molar-refractivity contribution in [2.45, 2.75) is 24.9 Å². The highest BCUT2D eigenvalue weighted by atomic mass is 79.9. The lowest BCUT2D eigenvalue weighted by molar-refractivity contribution is -0.123. The normalized spacial score (nSPS) is 21.4. The number of amides is 1. The fourth-order valence-electron chi connectivity index (χ4n) is 1.65. The van der Waals surface area contributed by atoms with E-state index in [2.05, 4.69) is 26.6 Å². The van der Waals surface area contributed by atoms with Crippen molar-refractivity contribution in [2.75, 3.05) is 6.54 Å². The molecule has 1 amide bonds. The first-order chi connectivity index (χ1) is 7.96. The highest BCUT2D eigenvalue weighted by Crippen LogP contribution is 2.25. The Kier molecular flexibility index (Phi) is 5.51. The van der Waals surface area contributed by atoms with Gasteiger partial charge in [-0.3, -0.25) is 10.1 Å². The smallest absolute Gasteiger partial charge is 0.262 e.